The lowest BCUT2D eigenvalue weighted by Gasteiger charge is -2.19. The van der Waals surface area contributed by atoms with Crippen LogP contribution in [-0.4, -0.2) is 29.9 Å². The lowest BCUT2D eigenvalue weighted by molar-refractivity contribution is 0.0768. The summed E-state index contributed by atoms with van der Waals surface area (Å²) < 4.78 is 39.2. The van der Waals surface area contributed by atoms with Crippen molar-refractivity contribution in [1.29, 1.82) is 0 Å². The molecule has 2 aliphatic rings. The van der Waals surface area contributed by atoms with Gasteiger partial charge in [-0.2, -0.15) is 0 Å². The fourth-order valence-corrected chi connectivity index (χ4v) is 2.59. The van der Waals surface area contributed by atoms with Crippen LogP contribution in [0.15, 0.2) is 12.1 Å². The van der Waals surface area contributed by atoms with E-state index < -0.39 is 28.9 Å². The first-order valence-electron chi connectivity index (χ1n) is 5.68. The normalized spacial score (nSPS) is 29.3. The Morgan fingerprint density at radius 1 is 1.11 bits per heavy atom. The summed E-state index contributed by atoms with van der Waals surface area (Å²) in [5.41, 5.74) is 5.30. The minimum atomic E-state index is -1.30. The van der Waals surface area contributed by atoms with E-state index in [4.69, 9.17) is 5.73 Å². The highest BCUT2D eigenvalue weighted by atomic mass is 19.2. The smallest absolute Gasteiger partial charge is 0.256 e. The molecule has 1 aromatic carbocycles. The monoisotopic (exact) mass is 256 g/mol. The summed E-state index contributed by atoms with van der Waals surface area (Å²) >= 11 is 0. The van der Waals surface area contributed by atoms with Gasteiger partial charge in [0.2, 0.25) is 0 Å². The highest BCUT2D eigenvalue weighted by Crippen LogP contribution is 2.44. The maximum atomic E-state index is 13.4. The van der Waals surface area contributed by atoms with E-state index in [1.807, 2.05) is 0 Å². The topological polar surface area (TPSA) is 46.3 Å². The van der Waals surface area contributed by atoms with Crippen molar-refractivity contribution in [3.63, 3.8) is 0 Å². The number of carbonyl (C=O) groups is 1. The third-order valence-corrected chi connectivity index (χ3v) is 3.79. The van der Waals surface area contributed by atoms with E-state index >= 15 is 0 Å². The number of rotatable bonds is 1. The number of nitrogens with two attached hydrogens (primary N) is 1. The zero-order valence-electron chi connectivity index (χ0n) is 9.37. The second-order valence-corrected chi connectivity index (χ2v) is 4.86. The van der Waals surface area contributed by atoms with Crippen molar-refractivity contribution < 1.29 is 18.0 Å². The molecule has 0 spiro atoms. The van der Waals surface area contributed by atoms with E-state index in [-0.39, 0.29) is 17.9 Å². The number of hydrogen-bond acceptors (Lipinski definition) is 2. The van der Waals surface area contributed by atoms with Crippen LogP contribution in [0.4, 0.5) is 13.2 Å². The molecule has 1 amide bonds. The molecule has 2 unspecified atom stereocenters. The van der Waals surface area contributed by atoms with Crippen molar-refractivity contribution in [2.24, 2.45) is 17.6 Å². The van der Waals surface area contributed by atoms with Crippen molar-refractivity contribution >= 4 is 5.91 Å². The second-order valence-electron chi connectivity index (χ2n) is 4.86. The lowest BCUT2D eigenvalue weighted by atomic mass is 10.1. The fourth-order valence-electron chi connectivity index (χ4n) is 2.59. The first kappa shape index (κ1) is 11.5. The van der Waals surface area contributed by atoms with E-state index in [2.05, 4.69) is 0 Å². The number of halogens is 3. The SMILES string of the molecule is NC1C2CN(C(=O)c3cc(F)c(F)cc3F)CC12. The number of carbonyl (C=O) groups excluding carboxylic acids is 1. The van der Waals surface area contributed by atoms with Crippen LogP contribution in [0.2, 0.25) is 0 Å². The molecule has 2 atom stereocenters. The zero-order chi connectivity index (χ0) is 13.0. The maximum Gasteiger partial charge on any atom is 0.256 e. The number of piperidine rings is 1. The standard InChI is InChI=1S/C12H11F3N2O/c13-8-2-10(15)9(14)1-5(8)12(18)17-3-6-7(4-17)11(6)16/h1-2,6-7,11H,3-4,16H2. The van der Waals surface area contributed by atoms with Crippen molar-refractivity contribution in [3.8, 4) is 0 Å². The molecule has 96 valence electrons. The average Bonchev–Trinajstić information content (AvgIpc) is 2.79. The van der Waals surface area contributed by atoms with Gasteiger partial charge in [0.25, 0.3) is 5.91 Å². The summed E-state index contributed by atoms with van der Waals surface area (Å²) in [5.74, 6) is -3.63. The van der Waals surface area contributed by atoms with E-state index in [0.29, 0.717) is 25.2 Å². The Bertz CT molecular complexity index is 522. The van der Waals surface area contributed by atoms with Crippen LogP contribution in [0.1, 0.15) is 10.4 Å². The van der Waals surface area contributed by atoms with Crippen molar-refractivity contribution in [3.05, 3.63) is 35.1 Å². The Morgan fingerprint density at radius 2 is 1.67 bits per heavy atom. The number of fused-ring (bicyclic) bond motifs is 1. The van der Waals surface area contributed by atoms with E-state index in [1.165, 1.54) is 4.90 Å². The maximum absolute atomic E-state index is 13.4. The van der Waals surface area contributed by atoms with Crippen molar-refractivity contribution in [1.82, 2.24) is 4.90 Å². The molecular weight excluding hydrogens is 245 g/mol. The minimum absolute atomic E-state index is 0.115. The van der Waals surface area contributed by atoms with Gasteiger partial charge in [-0.05, 0) is 17.9 Å². The van der Waals surface area contributed by atoms with Crippen LogP contribution in [-0.2, 0) is 0 Å². The van der Waals surface area contributed by atoms with Gasteiger partial charge in [-0.25, -0.2) is 13.2 Å². The van der Waals surface area contributed by atoms with Gasteiger partial charge in [0, 0.05) is 25.2 Å². The quantitative estimate of drug-likeness (QED) is 0.766. The molecule has 0 bridgehead atoms. The van der Waals surface area contributed by atoms with Crippen LogP contribution in [0, 0.1) is 29.3 Å². The summed E-state index contributed by atoms with van der Waals surface area (Å²) in [4.78, 5) is 13.4. The van der Waals surface area contributed by atoms with E-state index in [1.54, 1.807) is 0 Å². The molecule has 1 aliphatic carbocycles. The van der Waals surface area contributed by atoms with Gasteiger partial charge >= 0.3 is 0 Å². The molecule has 3 rings (SSSR count). The molecule has 3 nitrogen and oxygen atoms in total. The highest BCUT2D eigenvalue weighted by Gasteiger charge is 2.54. The van der Waals surface area contributed by atoms with Crippen LogP contribution in [0.25, 0.3) is 0 Å². The molecule has 0 radical (unpaired) electrons. The zero-order valence-corrected chi connectivity index (χ0v) is 9.37. The third-order valence-electron chi connectivity index (χ3n) is 3.79. The molecule has 2 N–H and O–H groups in total. The predicted molar refractivity (Wildman–Crippen MR) is 57.2 cm³/mol. The highest BCUT2D eigenvalue weighted by molar-refractivity contribution is 5.94. The van der Waals surface area contributed by atoms with E-state index in [9.17, 15) is 18.0 Å². The van der Waals surface area contributed by atoms with Gasteiger partial charge in [0.1, 0.15) is 5.82 Å². The first-order chi connectivity index (χ1) is 8.49. The molecule has 1 saturated carbocycles. The Kier molecular flexibility index (Phi) is 2.38. The molecule has 0 aromatic heterocycles. The Morgan fingerprint density at radius 3 is 2.28 bits per heavy atom. The van der Waals surface area contributed by atoms with Gasteiger partial charge in [0.15, 0.2) is 11.6 Å². The van der Waals surface area contributed by atoms with Crippen molar-refractivity contribution in [2.45, 2.75) is 6.04 Å². The number of benzene rings is 1. The number of likely N-dealkylation sites (tertiary alicyclic amines) is 1. The molecule has 6 heteroatoms. The number of amides is 1. The summed E-state index contributed by atoms with van der Waals surface area (Å²) in [5, 5.41) is 0. The molecular formula is C12H11F3N2O. The molecule has 2 fully saturated rings. The fraction of sp³-hybridized carbons (Fsp3) is 0.417. The minimum Gasteiger partial charge on any atom is -0.338 e. The molecule has 1 aliphatic heterocycles. The van der Waals surface area contributed by atoms with Gasteiger partial charge in [-0.3, -0.25) is 4.79 Å². The number of nitrogens with zero attached hydrogens (tertiary/aromatic N) is 1. The predicted octanol–water partition coefficient (Wildman–Crippen LogP) is 1.13. The third kappa shape index (κ3) is 1.59. The molecule has 1 aromatic rings. The van der Waals surface area contributed by atoms with Gasteiger partial charge < -0.3 is 10.6 Å². The lowest BCUT2D eigenvalue weighted by Crippen LogP contribution is -2.34. The van der Waals surface area contributed by atoms with Crippen LogP contribution >= 0.6 is 0 Å². The van der Waals surface area contributed by atoms with Crippen LogP contribution in [0.3, 0.4) is 0 Å². The van der Waals surface area contributed by atoms with E-state index in [0.717, 1.165) is 0 Å². The largest absolute Gasteiger partial charge is 0.338 e. The molecule has 1 saturated heterocycles. The summed E-state index contributed by atoms with van der Waals surface area (Å²) in [7, 11) is 0. The second kappa shape index (κ2) is 3.71. The summed E-state index contributed by atoms with van der Waals surface area (Å²) in [6.45, 7) is 0.923. The summed E-state index contributed by atoms with van der Waals surface area (Å²) in [6.07, 6.45) is 0. The Balaban J connectivity index is 1.83. The first-order valence-corrected chi connectivity index (χ1v) is 5.68. The van der Waals surface area contributed by atoms with Gasteiger partial charge in [-0.1, -0.05) is 0 Å². The van der Waals surface area contributed by atoms with Crippen LogP contribution < -0.4 is 5.73 Å². The molecule has 18 heavy (non-hydrogen) atoms. The Labute approximate surface area is 101 Å². The molecule has 1 heterocycles. The summed E-state index contributed by atoms with van der Waals surface area (Å²) in [6, 6.07) is 1.12. The average molecular weight is 256 g/mol. The van der Waals surface area contributed by atoms with Gasteiger partial charge in [-0.15, -0.1) is 0 Å². The number of hydrogen-bond donors (Lipinski definition) is 1. The van der Waals surface area contributed by atoms with Crippen LogP contribution in [0.5, 0.6) is 0 Å². The Hall–Kier alpha value is -1.56. The van der Waals surface area contributed by atoms with Gasteiger partial charge in [0.05, 0.1) is 5.56 Å². The van der Waals surface area contributed by atoms with Crippen molar-refractivity contribution in [2.75, 3.05) is 13.1 Å².